The number of methoxy groups -OCH3 is 1. The van der Waals surface area contributed by atoms with Gasteiger partial charge in [-0.05, 0) is 13.8 Å². The number of hydrogen-bond acceptors (Lipinski definition) is 7. The zero-order chi connectivity index (χ0) is 20.4. The van der Waals surface area contributed by atoms with Crippen molar-refractivity contribution < 1.29 is 28.9 Å². The maximum absolute atomic E-state index is 12.9. The van der Waals surface area contributed by atoms with Crippen LogP contribution in [-0.4, -0.2) is 23.3 Å². The Hall–Kier alpha value is -3.74. The van der Waals surface area contributed by atoms with Crippen LogP contribution in [0.4, 0.5) is 0 Å². The number of ether oxygens (including phenoxy) is 2. The zero-order valence-corrected chi connectivity index (χ0v) is 15.5. The average Bonchev–Trinajstić information content (AvgIpc) is 2.70. The molecule has 0 aliphatic carbocycles. The van der Waals surface area contributed by atoms with Gasteiger partial charge in [-0.3, -0.25) is 4.79 Å². The van der Waals surface area contributed by atoms with Crippen LogP contribution in [0.5, 0.6) is 23.0 Å². The summed E-state index contributed by atoms with van der Waals surface area (Å²) in [6.45, 7) is 3.19. The van der Waals surface area contributed by atoms with Gasteiger partial charge in [-0.1, -0.05) is 36.4 Å². The van der Waals surface area contributed by atoms with E-state index in [2.05, 4.69) is 0 Å². The molecule has 3 rings (SSSR count). The second-order valence-electron chi connectivity index (χ2n) is 5.97. The molecule has 2 N–H and O–H groups in total. The number of carbonyl (C=O) groups excluding carboxylic acids is 1. The van der Waals surface area contributed by atoms with E-state index in [0.29, 0.717) is 11.1 Å². The number of fused-ring (bicyclic) bond motifs is 1. The molecule has 0 fully saturated rings. The minimum Gasteiger partial charge on any atom is -0.507 e. The largest absolute Gasteiger partial charge is 0.507 e. The molecule has 0 amide bonds. The molecule has 0 saturated heterocycles. The first-order valence-corrected chi connectivity index (χ1v) is 8.39. The Kier molecular flexibility index (Phi) is 5.08. The predicted molar refractivity (Wildman–Crippen MR) is 103 cm³/mol. The summed E-state index contributed by atoms with van der Waals surface area (Å²) in [5, 5.41) is 20.2. The molecular formula is C21H18O7. The third kappa shape index (κ3) is 3.18. The molecule has 0 spiro atoms. The quantitative estimate of drug-likeness (QED) is 0.402. The van der Waals surface area contributed by atoms with Crippen molar-refractivity contribution in [3.8, 4) is 34.3 Å². The van der Waals surface area contributed by atoms with E-state index in [-0.39, 0.29) is 28.2 Å². The highest BCUT2D eigenvalue weighted by Gasteiger charge is 2.25. The molecule has 144 valence electrons. The lowest BCUT2D eigenvalue weighted by Gasteiger charge is -2.13. The lowest BCUT2D eigenvalue weighted by Crippen LogP contribution is -2.12. The van der Waals surface area contributed by atoms with Crippen molar-refractivity contribution in [1.82, 2.24) is 0 Å². The van der Waals surface area contributed by atoms with Gasteiger partial charge in [0, 0.05) is 17.2 Å². The number of phenolic OH excluding ortho intramolecular Hbond substituents is 2. The number of carbonyl (C=O) groups is 1. The Morgan fingerprint density at radius 3 is 2.39 bits per heavy atom. The summed E-state index contributed by atoms with van der Waals surface area (Å²) in [5.41, 5.74) is -0.109. The smallest absolute Gasteiger partial charge is 0.339 e. The Bertz CT molecular complexity index is 1140. The van der Waals surface area contributed by atoms with Crippen molar-refractivity contribution in [2.45, 2.75) is 13.8 Å². The lowest BCUT2D eigenvalue weighted by molar-refractivity contribution is -0.130. The maximum Gasteiger partial charge on any atom is 0.339 e. The summed E-state index contributed by atoms with van der Waals surface area (Å²) < 4.78 is 16.3. The maximum atomic E-state index is 12.9. The highest BCUT2D eigenvalue weighted by atomic mass is 16.5. The van der Waals surface area contributed by atoms with Crippen molar-refractivity contribution in [2.24, 2.45) is 0 Å². The topological polar surface area (TPSA) is 106 Å². The van der Waals surface area contributed by atoms with E-state index >= 15 is 0 Å². The summed E-state index contributed by atoms with van der Waals surface area (Å²) >= 11 is 0. The van der Waals surface area contributed by atoms with E-state index in [0.717, 1.165) is 6.07 Å². The van der Waals surface area contributed by atoms with Gasteiger partial charge in [0.25, 0.3) is 0 Å². The fraction of sp³-hybridized carbons (Fsp3) is 0.143. The number of esters is 1. The molecule has 7 heteroatoms. The van der Waals surface area contributed by atoms with Gasteiger partial charge in [-0.15, -0.1) is 0 Å². The minimum atomic E-state index is -0.732. The van der Waals surface area contributed by atoms with Crippen molar-refractivity contribution in [2.75, 3.05) is 7.11 Å². The van der Waals surface area contributed by atoms with Gasteiger partial charge in [-0.25, -0.2) is 4.79 Å². The average molecular weight is 382 g/mol. The van der Waals surface area contributed by atoms with Crippen LogP contribution in [0.25, 0.3) is 22.3 Å². The van der Waals surface area contributed by atoms with Crippen LogP contribution < -0.4 is 14.9 Å². The molecule has 0 aliphatic heterocycles. The van der Waals surface area contributed by atoms with E-state index in [1.165, 1.54) is 20.1 Å². The molecule has 7 nitrogen and oxygen atoms in total. The third-order valence-corrected chi connectivity index (χ3v) is 4.23. The highest BCUT2D eigenvalue weighted by Crippen LogP contribution is 2.43. The van der Waals surface area contributed by atoms with Gasteiger partial charge in [0.15, 0.2) is 17.1 Å². The molecular weight excluding hydrogens is 364 g/mol. The first kappa shape index (κ1) is 19.0. The number of benzene rings is 2. The van der Waals surface area contributed by atoms with E-state index < -0.39 is 22.9 Å². The van der Waals surface area contributed by atoms with Gasteiger partial charge in [-0.2, -0.15) is 0 Å². The fourth-order valence-corrected chi connectivity index (χ4v) is 2.65. The molecule has 0 aliphatic rings. The van der Waals surface area contributed by atoms with E-state index in [1.54, 1.807) is 37.3 Å². The van der Waals surface area contributed by atoms with Crippen LogP contribution in [-0.2, 0) is 4.79 Å². The third-order valence-electron chi connectivity index (χ3n) is 4.23. The molecule has 1 heterocycles. The lowest BCUT2D eigenvalue weighted by atomic mass is 10.1. The van der Waals surface area contributed by atoms with Gasteiger partial charge in [0.1, 0.15) is 11.1 Å². The summed E-state index contributed by atoms with van der Waals surface area (Å²) in [7, 11) is 1.30. The Balaban J connectivity index is 2.38. The van der Waals surface area contributed by atoms with Gasteiger partial charge < -0.3 is 24.1 Å². The van der Waals surface area contributed by atoms with Crippen molar-refractivity contribution in [3.63, 3.8) is 0 Å². The molecule has 0 unspecified atom stereocenters. The minimum absolute atomic E-state index is 0.0747. The predicted octanol–water partition coefficient (Wildman–Crippen LogP) is 3.75. The normalized spacial score (nSPS) is 11.5. The van der Waals surface area contributed by atoms with E-state index in [9.17, 15) is 19.8 Å². The first-order chi connectivity index (χ1) is 13.4. The Morgan fingerprint density at radius 1 is 1.11 bits per heavy atom. The SMILES string of the molecule is C/C=C(/C)C(=O)Oc1c(O)cc(O)c2c(=O)c(OC)c(-c3ccccc3)oc12. The van der Waals surface area contributed by atoms with Crippen LogP contribution in [0.2, 0.25) is 0 Å². The second-order valence-corrected chi connectivity index (χ2v) is 5.97. The Labute approximate surface area is 160 Å². The summed E-state index contributed by atoms with van der Waals surface area (Å²) in [6, 6.07) is 9.59. The van der Waals surface area contributed by atoms with Crippen LogP contribution in [0.3, 0.4) is 0 Å². The van der Waals surface area contributed by atoms with Crippen LogP contribution in [0, 0.1) is 0 Å². The van der Waals surface area contributed by atoms with Crippen molar-refractivity contribution >= 4 is 16.9 Å². The van der Waals surface area contributed by atoms with Crippen molar-refractivity contribution in [3.05, 3.63) is 58.3 Å². The Morgan fingerprint density at radius 2 is 1.79 bits per heavy atom. The highest BCUT2D eigenvalue weighted by molar-refractivity contribution is 5.97. The van der Waals surface area contributed by atoms with Crippen LogP contribution >= 0.6 is 0 Å². The number of hydrogen-bond donors (Lipinski definition) is 2. The van der Waals surface area contributed by atoms with Gasteiger partial charge in [0.2, 0.25) is 16.9 Å². The molecule has 28 heavy (non-hydrogen) atoms. The standard InChI is InChI=1S/C21H18O7/c1-4-11(2)21(25)28-18-14(23)10-13(22)15-16(24)20(26-3)17(27-19(15)18)12-8-6-5-7-9-12/h4-10,22-23H,1-3H3/b11-4-. The monoisotopic (exact) mass is 382 g/mol. The van der Waals surface area contributed by atoms with Crippen LogP contribution in [0.1, 0.15) is 13.8 Å². The molecule has 0 radical (unpaired) electrons. The second kappa shape index (κ2) is 7.48. The summed E-state index contributed by atoms with van der Waals surface area (Å²) in [4.78, 5) is 25.1. The summed E-state index contributed by atoms with van der Waals surface area (Å²) in [5.74, 6) is -2.22. The van der Waals surface area contributed by atoms with Gasteiger partial charge >= 0.3 is 5.97 Å². The fourth-order valence-electron chi connectivity index (χ4n) is 2.65. The molecule has 0 saturated carbocycles. The molecule has 2 aromatic carbocycles. The van der Waals surface area contributed by atoms with E-state index in [4.69, 9.17) is 13.9 Å². The molecule has 3 aromatic rings. The number of phenols is 2. The molecule has 0 atom stereocenters. The zero-order valence-electron chi connectivity index (χ0n) is 15.5. The van der Waals surface area contributed by atoms with Crippen LogP contribution in [0.15, 0.2) is 57.3 Å². The van der Waals surface area contributed by atoms with Gasteiger partial charge in [0.05, 0.1) is 7.11 Å². The first-order valence-electron chi connectivity index (χ1n) is 8.39. The molecule has 1 aromatic heterocycles. The van der Waals surface area contributed by atoms with E-state index in [1.807, 2.05) is 0 Å². The number of aromatic hydroxyl groups is 2. The molecule has 0 bridgehead atoms. The number of allylic oxidation sites excluding steroid dienone is 1. The van der Waals surface area contributed by atoms with Crippen molar-refractivity contribution in [1.29, 1.82) is 0 Å². The number of rotatable bonds is 4. The summed E-state index contributed by atoms with van der Waals surface area (Å²) in [6.07, 6.45) is 1.54.